The maximum atomic E-state index is 11.5. The van der Waals surface area contributed by atoms with Crippen LogP contribution < -0.4 is 10.2 Å². The lowest BCUT2D eigenvalue weighted by atomic mass is 10.5. The molecule has 1 amide bonds. The lowest BCUT2D eigenvalue weighted by Crippen LogP contribution is -2.35. The maximum Gasteiger partial charge on any atom is 0.242 e. The third-order valence-corrected chi connectivity index (χ3v) is 2.83. The Morgan fingerprint density at radius 1 is 1.71 bits per heavy atom. The fraction of sp³-hybridized carbons (Fsp3) is 0.556. The first-order chi connectivity index (χ1) is 6.65. The molecule has 0 fully saturated rings. The largest absolute Gasteiger partial charge is 0.309 e. The first-order valence-electron chi connectivity index (χ1n) is 4.54. The Hall–Kier alpha value is -0.940. The van der Waals surface area contributed by atoms with Crippen molar-refractivity contribution in [1.82, 2.24) is 10.3 Å². The smallest absolute Gasteiger partial charge is 0.242 e. The number of carbonyl (C=O) groups excluding carboxylic acids is 1. The molecule has 1 rings (SSSR count). The standard InChI is InChI=1S/C9H15N3OS/c1-4-10-5-8(13)12(3)9-11-7(2)6-14-9/h6,10H,4-5H2,1-3H3. The molecule has 78 valence electrons. The second-order valence-electron chi connectivity index (χ2n) is 3.00. The number of thiazole rings is 1. The molecular weight excluding hydrogens is 198 g/mol. The zero-order valence-electron chi connectivity index (χ0n) is 8.70. The Bertz CT molecular complexity index is 311. The third-order valence-electron chi connectivity index (χ3n) is 1.79. The Balaban J connectivity index is 2.56. The predicted octanol–water partition coefficient (Wildman–Crippen LogP) is 1.02. The Morgan fingerprint density at radius 2 is 2.43 bits per heavy atom. The molecule has 1 aromatic rings. The quantitative estimate of drug-likeness (QED) is 0.812. The number of nitrogens with one attached hydrogen (secondary N) is 1. The minimum atomic E-state index is 0.0428. The zero-order valence-corrected chi connectivity index (χ0v) is 9.52. The van der Waals surface area contributed by atoms with Gasteiger partial charge < -0.3 is 5.32 Å². The van der Waals surface area contributed by atoms with Gasteiger partial charge >= 0.3 is 0 Å². The highest BCUT2D eigenvalue weighted by Crippen LogP contribution is 2.18. The van der Waals surface area contributed by atoms with Gasteiger partial charge in [-0.3, -0.25) is 9.69 Å². The van der Waals surface area contributed by atoms with E-state index >= 15 is 0 Å². The maximum absolute atomic E-state index is 11.5. The van der Waals surface area contributed by atoms with E-state index in [1.807, 2.05) is 19.2 Å². The monoisotopic (exact) mass is 213 g/mol. The van der Waals surface area contributed by atoms with Crippen LogP contribution in [0.4, 0.5) is 5.13 Å². The van der Waals surface area contributed by atoms with E-state index in [9.17, 15) is 4.79 Å². The van der Waals surface area contributed by atoms with Crippen LogP contribution in [0.5, 0.6) is 0 Å². The first-order valence-corrected chi connectivity index (χ1v) is 5.42. The molecule has 14 heavy (non-hydrogen) atoms. The fourth-order valence-corrected chi connectivity index (χ4v) is 1.74. The average molecular weight is 213 g/mol. The summed E-state index contributed by atoms with van der Waals surface area (Å²) in [5.74, 6) is 0.0428. The number of nitrogens with zero attached hydrogens (tertiary/aromatic N) is 2. The number of amides is 1. The van der Waals surface area contributed by atoms with Crippen molar-refractivity contribution in [1.29, 1.82) is 0 Å². The van der Waals surface area contributed by atoms with E-state index in [4.69, 9.17) is 0 Å². The Morgan fingerprint density at radius 3 is 2.93 bits per heavy atom. The second kappa shape index (κ2) is 5.07. The normalized spacial score (nSPS) is 10.2. The van der Waals surface area contributed by atoms with Gasteiger partial charge in [0.15, 0.2) is 5.13 Å². The van der Waals surface area contributed by atoms with Gasteiger partial charge in [-0.2, -0.15) is 0 Å². The zero-order chi connectivity index (χ0) is 10.6. The van der Waals surface area contributed by atoms with E-state index in [2.05, 4.69) is 10.3 Å². The molecule has 0 unspecified atom stereocenters. The number of aromatic nitrogens is 1. The number of likely N-dealkylation sites (N-methyl/N-ethyl adjacent to an activating group) is 2. The van der Waals surface area contributed by atoms with E-state index in [0.717, 1.165) is 17.4 Å². The van der Waals surface area contributed by atoms with E-state index < -0.39 is 0 Å². The topological polar surface area (TPSA) is 45.2 Å². The average Bonchev–Trinajstić information content (AvgIpc) is 2.60. The highest BCUT2D eigenvalue weighted by atomic mass is 32.1. The van der Waals surface area contributed by atoms with Crippen LogP contribution in [-0.2, 0) is 4.79 Å². The highest BCUT2D eigenvalue weighted by molar-refractivity contribution is 7.14. The molecular formula is C9H15N3OS. The minimum Gasteiger partial charge on any atom is -0.309 e. The minimum absolute atomic E-state index is 0.0428. The molecule has 0 saturated heterocycles. The van der Waals surface area contributed by atoms with Gasteiger partial charge in [-0.25, -0.2) is 4.98 Å². The molecule has 0 radical (unpaired) electrons. The second-order valence-corrected chi connectivity index (χ2v) is 3.84. The van der Waals surface area contributed by atoms with Gasteiger partial charge in [0.25, 0.3) is 0 Å². The predicted molar refractivity (Wildman–Crippen MR) is 58.8 cm³/mol. The number of hydrogen-bond donors (Lipinski definition) is 1. The van der Waals surface area contributed by atoms with Gasteiger partial charge in [-0.1, -0.05) is 6.92 Å². The molecule has 0 spiro atoms. The van der Waals surface area contributed by atoms with Crippen molar-refractivity contribution < 1.29 is 4.79 Å². The molecule has 0 aromatic carbocycles. The molecule has 0 saturated carbocycles. The van der Waals surface area contributed by atoms with E-state index in [1.165, 1.54) is 11.3 Å². The Labute approximate surface area is 88.0 Å². The lowest BCUT2D eigenvalue weighted by Gasteiger charge is -2.13. The van der Waals surface area contributed by atoms with Crippen molar-refractivity contribution >= 4 is 22.4 Å². The third kappa shape index (κ3) is 2.78. The molecule has 1 N–H and O–H groups in total. The van der Waals surface area contributed by atoms with E-state index in [1.54, 1.807) is 11.9 Å². The highest BCUT2D eigenvalue weighted by Gasteiger charge is 2.12. The van der Waals surface area contributed by atoms with E-state index in [0.29, 0.717) is 6.54 Å². The summed E-state index contributed by atoms with van der Waals surface area (Å²) in [6.45, 7) is 5.06. The van der Waals surface area contributed by atoms with Crippen molar-refractivity contribution in [3.8, 4) is 0 Å². The fourth-order valence-electron chi connectivity index (χ4n) is 0.953. The first kappa shape index (κ1) is 11.1. The molecule has 0 aliphatic carbocycles. The van der Waals surface area contributed by atoms with Crippen LogP contribution in [-0.4, -0.2) is 31.0 Å². The van der Waals surface area contributed by atoms with Gasteiger partial charge in [-0.05, 0) is 13.5 Å². The number of anilines is 1. The summed E-state index contributed by atoms with van der Waals surface area (Å²) in [7, 11) is 1.75. The molecule has 0 aliphatic heterocycles. The molecule has 4 nitrogen and oxygen atoms in total. The molecule has 1 aromatic heterocycles. The van der Waals surface area contributed by atoms with Gasteiger partial charge in [0.05, 0.1) is 12.2 Å². The summed E-state index contributed by atoms with van der Waals surface area (Å²) in [6, 6.07) is 0. The van der Waals surface area contributed by atoms with Gasteiger partial charge in [-0.15, -0.1) is 11.3 Å². The van der Waals surface area contributed by atoms with Gasteiger partial charge in [0, 0.05) is 12.4 Å². The summed E-state index contributed by atoms with van der Waals surface area (Å²) >= 11 is 1.49. The molecule has 0 bridgehead atoms. The number of carbonyl (C=O) groups is 1. The lowest BCUT2D eigenvalue weighted by molar-refractivity contribution is -0.117. The van der Waals surface area contributed by atoms with Crippen molar-refractivity contribution in [3.05, 3.63) is 11.1 Å². The van der Waals surface area contributed by atoms with Crippen molar-refractivity contribution in [2.45, 2.75) is 13.8 Å². The molecule has 0 aliphatic rings. The summed E-state index contributed by atoms with van der Waals surface area (Å²) < 4.78 is 0. The molecule has 0 atom stereocenters. The molecule has 5 heteroatoms. The summed E-state index contributed by atoms with van der Waals surface area (Å²) in [5, 5.41) is 5.68. The summed E-state index contributed by atoms with van der Waals surface area (Å²) in [6.07, 6.45) is 0. The van der Waals surface area contributed by atoms with Crippen LogP contribution >= 0.6 is 11.3 Å². The number of rotatable bonds is 4. The van der Waals surface area contributed by atoms with Crippen molar-refractivity contribution in [3.63, 3.8) is 0 Å². The van der Waals surface area contributed by atoms with Crippen LogP contribution in [0, 0.1) is 6.92 Å². The van der Waals surface area contributed by atoms with Crippen LogP contribution in [0.2, 0.25) is 0 Å². The Kier molecular flexibility index (Phi) is 4.03. The van der Waals surface area contributed by atoms with Crippen LogP contribution in [0.3, 0.4) is 0 Å². The van der Waals surface area contributed by atoms with Gasteiger partial charge in [0.1, 0.15) is 0 Å². The van der Waals surface area contributed by atoms with Crippen LogP contribution in [0.25, 0.3) is 0 Å². The summed E-state index contributed by atoms with van der Waals surface area (Å²) in [5.41, 5.74) is 0.952. The van der Waals surface area contributed by atoms with Crippen LogP contribution in [0.1, 0.15) is 12.6 Å². The van der Waals surface area contributed by atoms with Gasteiger partial charge in [0.2, 0.25) is 5.91 Å². The number of hydrogen-bond acceptors (Lipinski definition) is 4. The van der Waals surface area contributed by atoms with Crippen molar-refractivity contribution in [2.24, 2.45) is 0 Å². The number of aryl methyl sites for hydroxylation is 1. The van der Waals surface area contributed by atoms with Crippen LogP contribution in [0.15, 0.2) is 5.38 Å². The van der Waals surface area contributed by atoms with Crippen molar-refractivity contribution in [2.75, 3.05) is 25.0 Å². The van der Waals surface area contributed by atoms with E-state index in [-0.39, 0.29) is 5.91 Å². The summed E-state index contributed by atoms with van der Waals surface area (Å²) in [4.78, 5) is 17.4. The SMILES string of the molecule is CCNCC(=O)N(C)c1nc(C)cs1. The molecule has 1 heterocycles.